The van der Waals surface area contributed by atoms with E-state index < -0.39 is 0 Å². The highest BCUT2D eigenvalue weighted by molar-refractivity contribution is 5.92. The Balaban J connectivity index is 1.68. The van der Waals surface area contributed by atoms with Gasteiger partial charge in [-0.1, -0.05) is 18.2 Å². The molecule has 1 saturated heterocycles. The van der Waals surface area contributed by atoms with Crippen LogP contribution in [0.2, 0.25) is 0 Å². The summed E-state index contributed by atoms with van der Waals surface area (Å²) in [5, 5.41) is 1.18. The van der Waals surface area contributed by atoms with E-state index in [2.05, 4.69) is 50.3 Å². The van der Waals surface area contributed by atoms with Crippen LogP contribution in [-0.4, -0.2) is 50.8 Å². The molecule has 1 N–H and O–H groups in total. The maximum absolute atomic E-state index is 5.49. The van der Waals surface area contributed by atoms with Gasteiger partial charge in [0.1, 0.15) is 11.2 Å². The number of aryl methyl sites for hydroxylation is 1. The SMILES string of the molecule is C=CCCn1cnc2c(-c3ccc4cc[nH]c4c3)nc(N3CCOCC3)nc21. The van der Waals surface area contributed by atoms with Gasteiger partial charge in [0, 0.05) is 36.9 Å². The fourth-order valence-corrected chi connectivity index (χ4v) is 3.63. The first-order chi connectivity index (χ1) is 13.8. The van der Waals surface area contributed by atoms with E-state index in [9.17, 15) is 0 Å². The first-order valence-electron chi connectivity index (χ1n) is 9.57. The van der Waals surface area contributed by atoms with Crippen LogP contribution in [-0.2, 0) is 11.3 Å². The predicted octanol–water partition coefficient (Wildman–Crippen LogP) is 3.39. The summed E-state index contributed by atoms with van der Waals surface area (Å²) in [7, 11) is 0. The Labute approximate surface area is 162 Å². The molecular weight excluding hydrogens is 352 g/mol. The van der Waals surface area contributed by atoms with Crippen molar-refractivity contribution < 1.29 is 4.74 Å². The first kappa shape index (κ1) is 16.9. The van der Waals surface area contributed by atoms with Crippen LogP contribution in [0.25, 0.3) is 33.3 Å². The lowest BCUT2D eigenvalue weighted by molar-refractivity contribution is 0.122. The molecule has 4 heterocycles. The number of allylic oxidation sites excluding steroid dienone is 1. The van der Waals surface area contributed by atoms with Gasteiger partial charge in [-0.15, -0.1) is 6.58 Å². The highest BCUT2D eigenvalue weighted by Crippen LogP contribution is 2.30. The molecule has 1 aliphatic rings. The van der Waals surface area contributed by atoms with Crippen molar-refractivity contribution in [1.29, 1.82) is 0 Å². The minimum Gasteiger partial charge on any atom is -0.378 e. The zero-order valence-electron chi connectivity index (χ0n) is 15.6. The topological polar surface area (TPSA) is 71.9 Å². The largest absolute Gasteiger partial charge is 0.378 e. The lowest BCUT2D eigenvalue weighted by Gasteiger charge is -2.27. The van der Waals surface area contributed by atoms with Gasteiger partial charge in [0.25, 0.3) is 0 Å². The second-order valence-electron chi connectivity index (χ2n) is 6.94. The van der Waals surface area contributed by atoms with Gasteiger partial charge in [-0.3, -0.25) is 0 Å². The number of benzene rings is 1. The smallest absolute Gasteiger partial charge is 0.228 e. The summed E-state index contributed by atoms with van der Waals surface area (Å²) in [4.78, 5) is 19.9. The molecule has 0 atom stereocenters. The van der Waals surface area contributed by atoms with Crippen LogP contribution in [0, 0.1) is 0 Å². The van der Waals surface area contributed by atoms with Crippen LogP contribution in [0.5, 0.6) is 0 Å². The quantitative estimate of drug-likeness (QED) is 0.542. The number of ether oxygens (including phenoxy) is 1. The minimum atomic E-state index is 0.695. The van der Waals surface area contributed by atoms with E-state index in [0.29, 0.717) is 13.2 Å². The molecule has 5 rings (SSSR count). The first-order valence-corrected chi connectivity index (χ1v) is 9.57. The second-order valence-corrected chi connectivity index (χ2v) is 6.94. The van der Waals surface area contributed by atoms with Gasteiger partial charge in [-0.05, 0) is 23.9 Å². The summed E-state index contributed by atoms with van der Waals surface area (Å²) >= 11 is 0. The molecule has 7 nitrogen and oxygen atoms in total. The molecule has 3 aromatic heterocycles. The van der Waals surface area contributed by atoms with Gasteiger partial charge >= 0.3 is 0 Å². The number of morpholine rings is 1. The van der Waals surface area contributed by atoms with Crippen molar-refractivity contribution in [3.8, 4) is 11.3 Å². The number of fused-ring (bicyclic) bond motifs is 2. The Morgan fingerprint density at radius 1 is 1.18 bits per heavy atom. The Morgan fingerprint density at radius 2 is 2.07 bits per heavy atom. The van der Waals surface area contributed by atoms with E-state index in [1.807, 2.05) is 18.6 Å². The van der Waals surface area contributed by atoms with Crippen molar-refractivity contribution in [1.82, 2.24) is 24.5 Å². The molecule has 0 radical (unpaired) electrons. The van der Waals surface area contributed by atoms with Gasteiger partial charge < -0.3 is 19.2 Å². The van der Waals surface area contributed by atoms with Crippen molar-refractivity contribution in [3.05, 3.63) is 49.4 Å². The zero-order valence-corrected chi connectivity index (χ0v) is 15.6. The highest BCUT2D eigenvalue weighted by Gasteiger charge is 2.20. The number of anilines is 1. The van der Waals surface area contributed by atoms with E-state index in [1.165, 1.54) is 5.39 Å². The standard InChI is InChI=1S/C21H22N6O/c1-2-3-8-27-14-23-19-18(16-5-4-15-6-7-22-17(15)13-16)24-21(25-20(19)27)26-9-11-28-12-10-26/h2,4-7,13-14,22H,1,3,8-12H2. The average molecular weight is 374 g/mol. The lowest BCUT2D eigenvalue weighted by atomic mass is 10.1. The van der Waals surface area contributed by atoms with Gasteiger partial charge in [0.2, 0.25) is 5.95 Å². The molecule has 0 spiro atoms. The van der Waals surface area contributed by atoms with Crippen molar-refractivity contribution in [2.75, 3.05) is 31.2 Å². The van der Waals surface area contributed by atoms with Crippen molar-refractivity contribution in [2.45, 2.75) is 13.0 Å². The van der Waals surface area contributed by atoms with E-state index in [0.717, 1.165) is 59.9 Å². The number of H-pyrrole nitrogens is 1. The van der Waals surface area contributed by atoms with Crippen molar-refractivity contribution in [2.24, 2.45) is 0 Å². The van der Waals surface area contributed by atoms with E-state index in [4.69, 9.17) is 14.7 Å². The Hall–Kier alpha value is -3.19. The monoisotopic (exact) mass is 374 g/mol. The Kier molecular flexibility index (Phi) is 4.29. The summed E-state index contributed by atoms with van der Waals surface area (Å²) in [5.41, 5.74) is 4.67. The van der Waals surface area contributed by atoms with Crippen LogP contribution in [0.15, 0.2) is 49.4 Å². The minimum absolute atomic E-state index is 0.695. The number of imidazole rings is 1. The van der Waals surface area contributed by atoms with Crippen LogP contribution in [0.3, 0.4) is 0 Å². The third kappa shape index (κ3) is 2.93. The maximum Gasteiger partial charge on any atom is 0.228 e. The maximum atomic E-state index is 5.49. The van der Waals surface area contributed by atoms with Crippen molar-refractivity contribution in [3.63, 3.8) is 0 Å². The molecule has 1 aromatic carbocycles. The summed E-state index contributed by atoms with van der Waals surface area (Å²) in [6.45, 7) is 7.61. The number of aromatic amines is 1. The fraction of sp³-hybridized carbons (Fsp3) is 0.286. The molecule has 0 aliphatic carbocycles. The van der Waals surface area contributed by atoms with Crippen LogP contribution in [0.4, 0.5) is 5.95 Å². The van der Waals surface area contributed by atoms with Crippen LogP contribution >= 0.6 is 0 Å². The van der Waals surface area contributed by atoms with Gasteiger partial charge in [0.05, 0.1) is 19.5 Å². The zero-order chi connectivity index (χ0) is 18.9. The van der Waals surface area contributed by atoms with Crippen LogP contribution in [0.1, 0.15) is 6.42 Å². The number of aromatic nitrogens is 5. The molecule has 1 fully saturated rings. The average Bonchev–Trinajstić information content (AvgIpc) is 3.38. The number of hydrogen-bond acceptors (Lipinski definition) is 5. The fourth-order valence-electron chi connectivity index (χ4n) is 3.63. The molecule has 0 bridgehead atoms. The number of nitrogens with one attached hydrogen (secondary N) is 1. The molecule has 4 aromatic rings. The highest BCUT2D eigenvalue weighted by atomic mass is 16.5. The summed E-state index contributed by atoms with van der Waals surface area (Å²) in [6, 6.07) is 8.41. The summed E-state index contributed by atoms with van der Waals surface area (Å²) < 4.78 is 7.58. The van der Waals surface area contributed by atoms with Crippen molar-refractivity contribution >= 4 is 28.0 Å². The molecule has 28 heavy (non-hydrogen) atoms. The Morgan fingerprint density at radius 3 is 2.93 bits per heavy atom. The van der Waals surface area contributed by atoms with Gasteiger partial charge in [-0.25, -0.2) is 9.97 Å². The summed E-state index contributed by atoms with van der Waals surface area (Å²) in [5.74, 6) is 0.734. The third-order valence-corrected chi connectivity index (χ3v) is 5.15. The number of hydrogen-bond donors (Lipinski definition) is 1. The molecule has 1 aliphatic heterocycles. The molecule has 0 amide bonds. The van der Waals surface area contributed by atoms with E-state index >= 15 is 0 Å². The molecule has 0 unspecified atom stereocenters. The molecule has 0 saturated carbocycles. The predicted molar refractivity (Wildman–Crippen MR) is 110 cm³/mol. The van der Waals surface area contributed by atoms with Crippen LogP contribution < -0.4 is 4.90 Å². The van der Waals surface area contributed by atoms with E-state index in [1.54, 1.807) is 0 Å². The normalized spacial score (nSPS) is 14.8. The van der Waals surface area contributed by atoms with Gasteiger partial charge in [0.15, 0.2) is 5.65 Å². The third-order valence-electron chi connectivity index (χ3n) is 5.15. The summed E-state index contributed by atoms with van der Waals surface area (Å²) in [6.07, 6.45) is 6.58. The number of rotatable bonds is 5. The second kappa shape index (κ2) is 7.09. The van der Waals surface area contributed by atoms with E-state index in [-0.39, 0.29) is 0 Å². The molecular formula is C21H22N6O. The Bertz CT molecular complexity index is 1140. The molecule has 142 valence electrons. The van der Waals surface area contributed by atoms with Gasteiger partial charge in [-0.2, -0.15) is 4.98 Å². The lowest BCUT2D eigenvalue weighted by Crippen LogP contribution is -2.37. The molecule has 7 heteroatoms. The number of nitrogens with zero attached hydrogens (tertiary/aromatic N) is 5.